The number of benzene rings is 2. The number of nitrogens with one attached hydrogen (secondary N) is 3. The topological polar surface area (TPSA) is 91.7 Å². The molecule has 3 atom stereocenters. The molecule has 5 rings (SSSR count). The number of hydrogen-bond acceptors (Lipinski definition) is 7. The number of alkyl halides is 3. The predicted molar refractivity (Wildman–Crippen MR) is 161 cm³/mol. The van der Waals surface area contributed by atoms with Gasteiger partial charge in [-0.15, -0.1) is 0 Å². The van der Waals surface area contributed by atoms with Gasteiger partial charge in [-0.25, -0.2) is 9.78 Å². The Morgan fingerprint density at radius 1 is 1.00 bits per heavy atom. The van der Waals surface area contributed by atoms with Crippen molar-refractivity contribution in [2.75, 3.05) is 28.6 Å². The van der Waals surface area contributed by atoms with Gasteiger partial charge in [0.15, 0.2) is 5.76 Å². The van der Waals surface area contributed by atoms with Crippen LogP contribution in [0.2, 0.25) is 0 Å². The number of nitrogens with zero attached hydrogens (tertiary/aromatic N) is 2. The third kappa shape index (κ3) is 8.43. The van der Waals surface area contributed by atoms with Crippen LogP contribution in [0.15, 0.2) is 59.1 Å². The van der Waals surface area contributed by atoms with Crippen LogP contribution in [0.5, 0.6) is 0 Å². The van der Waals surface area contributed by atoms with Gasteiger partial charge in [-0.05, 0) is 82.9 Å². The number of halogens is 3. The molecule has 1 aromatic heterocycles. The molecular formula is C32H40F3N5O3. The van der Waals surface area contributed by atoms with E-state index in [-0.39, 0.29) is 18.1 Å². The molecule has 1 aliphatic heterocycles. The third-order valence-electron chi connectivity index (χ3n) is 7.80. The Morgan fingerprint density at radius 3 is 2.47 bits per heavy atom. The predicted octanol–water partition coefficient (Wildman–Crippen LogP) is 7.69. The van der Waals surface area contributed by atoms with Crippen LogP contribution in [-0.2, 0) is 10.9 Å². The lowest BCUT2D eigenvalue weighted by Crippen LogP contribution is -2.54. The molecule has 1 saturated heterocycles. The molecule has 0 spiro atoms. The SMILES string of the molecule is CC(C)(C)OC(=O)Nc1cccc(-c2cnc(NC3CCCC[C@H]3NC3CCCN(c4ccc(C(F)(F)F)cc4)C3)o2)c1. The average molecular weight is 600 g/mol. The highest BCUT2D eigenvalue weighted by atomic mass is 19.4. The fraction of sp³-hybridized carbons (Fsp3) is 0.500. The number of rotatable bonds is 7. The van der Waals surface area contributed by atoms with Crippen molar-refractivity contribution in [2.24, 2.45) is 0 Å². The van der Waals surface area contributed by atoms with E-state index in [1.165, 1.54) is 0 Å². The van der Waals surface area contributed by atoms with Gasteiger partial charge in [-0.1, -0.05) is 25.0 Å². The molecule has 1 aliphatic carbocycles. The Kier molecular flexibility index (Phi) is 9.19. The van der Waals surface area contributed by atoms with Crippen molar-refractivity contribution in [3.63, 3.8) is 0 Å². The van der Waals surface area contributed by atoms with Crippen LogP contribution in [-0.4, -0.2) is 47.9 Å². The highest BCUT2D eigenvalue weighted by Gasteiger charge is 2.32. The summed E-state index contributed by atoms with van der Waals surface area (Å²) in [6.45, 7) is 7.00. The third-order valence-corrected chi connectivity index (χ3v) is 7.80. The van der Waals surface area contributed by atoms with Crippen molar-refractivity contribution >= 4 is 23.5 Å². The maximum Gasteiger partial charge on any atom is 0.416 e. The highest BCUT2D eigenvalue weighted by Crippen LogP contribution is 2.32. The first-order valence-electron chi connectivity index (χ1n) is 14.9. The summed E-state index contributed by atoms with van der Waals surface area (Å²) in [4.78, 5) is 18.8. The van der Waals surface area contributed by atoms with Crippen LogP contribution < -0.4 is 20.9 Å². The Bertz CT molecular complexity index is 1370. The van der Waals surface area contributed by atoms with Crippen LogP contribution in [0, 0.1) is 0 Å². The number of hydrogen-bond donors (Lipinski definition) is 3. The Morgan fingerprint density at radius 2 is 1.74 bits per heavy atom. The van der Waals surface area contributed by atoms with Gasteiger partial charge in [0.2, 0.25) is 0 Å². The monoisotopic (exact) mass is 599 g/mol. The molecule has 0 radical (unpaired) electrons. The molecule has 2 aromatic carbocycles. The molecule has 1 amide bonds. The van der Waals surface area contributed by atoms with E-state index in [9.17, 15) is 18.0 Å². The molecule has 11 heteroatoms. The van der Waals surface area contributed by atoms with E-state index in [4.69, 9.17) is 9.15 Å². The first-order valence-corrected chi connectivity index (χ1v) is 14.9. The number of carbonyl (C=O) groups is 1. The summed E-state index contributed by atoms with van der Waals surface area (Å²) in [5.41, 5.74) is 0.959. The summed E-state index contributed by atoms with van der Waals surface area (Å²) in [6.07, 6.45) is 3.00. The van der Waals surface area contributed by atoms with Gasteiger partial charge in [-0.3, -0.25) is 5.32 Å². The fourth-order valence-corrected chi connectivity index (χ4v) is 5.82. The molecule has 3 aromatic rings. The number of oxazole rings is 1. The fourth-order valence-electron chi connectivity index (χ4n) is 5.82. The number of carbonyl (C=O) groups excluding carboxylic acids is 1. The Balaban J connectivity index is 1.19. The smallest absolute Gasteiger partial charge is 0.416 e. The minimum atomic E-state index is -4.33. The van der Waals surface area contributed by atoms with Crippen LogP contribution in [0.1, 0.15) is 64.9 Å². The summed E-state index contributed by atoms with van der Waals surface area (Å²) >= 11 is 0. The van der Waals surface area contributed by atoms with Crippen molar-refractivity contribution in [3.8, 4) is 11.3 Å². The minimum absolute atomic E-state index is 0.127. The number of amides is 1. The van der Waals surface area contributed by atoms with E-state index < -0.39 is 23.4 Å². The molecule has 2 aliphatic rings. The van der Waals surface area contributed by atoms with Gasteiger partial charge in [0.25, 0.3) is 6.01 Å². The van der Waals surface area contributed by atoms with Gasteiger partial charge in [0, 0.05) is 48.2 Å². The zero-order chi connectivity index (χ0) is 30.6. The summed E-state index contributed by atoms with van der Waals surface area (Å²) < 4.78 is 50.4. The van der Waals surface area contributed by atoms with E-state index in [1.54, 1.807) is 24.4 Å². The number of ether oxygens (including phenoxy) is 1. The van der Waals surface area contributed by atoms with Gasteiger partial charge in [-0.2, -0.15) is 13.2 Å². The summed E-state index contributed by atoms with van der Waals surface area (Å²) in [5.74, 6) is 0.579. The van der Waals surface area contributed by atoms with E-state index in [2.05, 4.69) is 25.8 Å². The summed E-state index contributed by atoms with van der Waals surface area (Å²) in [7, 11) is 0. The zero-order valence-electron chi connectivity index (χ0n) is 24.8. The molecule has 1 saturated carbocycles. The first kappa shape index (κ1) is 30.7. The van der Waals surface area contributed by atoms with Crippen LogP contribution >= 0.6 is 0 Å². The molecule has 2 unspecified atom stereocenters. The molecule has 232 valence electrons. The average Bonchev–Trinajstić information content (AvgIpc) is 3.42. The molecule has 3 N–H and O–H groups in total. The Labute approximate surface area is 250 Å². The lowest BCUT2D eigenvalue weighted by atomic mass is 9.89. The number of aromatic nitrogens is 1. The van der Waals surface area contributed by atoms with E-state index in [1.807, 2.05) is 39.0 Å². The maximum absolute atomic E-state index is 13.0. The second kappa shape index (κ2) is 12.9. The van der Waals surface area contributed by atoms with E-state index in [0.717, 1.165) is 75.0 Å². The lowest BCUT2D eigenvalue weighted by molar-refractivity contribution is -0.137. The molecule has 2 fully saturated rings. The largest absolute Gasteiger partial charge is 0.444 e. The van der Waals surface area contributed by atoms with Crippen LogP contribution in [0.3, 0.4) is 0 Å². The molecule has 43 heavy (non-hydrogen) atoms. The summed E-state index contributed by atoms with van der Waals surface area (Å²) in [6, 6.07) is 13.8. The van der Waals surface area contributed by atoms with Crippen molar-refractivity contribution in [3.05, 3.63) is 60.3 Å². The lowest BCUT2D eigenvalue weighted by Gasteiger charge is -2.40. The molecule has 8 nitrogen and oxygen atoms in total. The summed E-state index contributed by atoms with van der Waals surface area (Å²) in [5, 5.41) is 10.1. The molecular weight excluding hydrogens is 559 g/mol. The maximum atomic E-state index is 13.0. The quantitative estimate of drug-likeness (QED) is 0.256. The van der Waals surface area contributed by atoms with Crippen molar-refractivity contribution < 1.29 is 27.1 Å². The standard InChI is InChI=1S/C32H40F3N5O3/c1-31(2,3)43-30(41)38-23-9-6-8-21(18-23)28-19-36-29(42-28)39-27-12-5-4-11-26(27)37-24-10-7-17-40(20-24)25-15-13-22(14-16-25)32(33,34)35/h6,8-9,13-16,18-19,24,26-27,37H,4-5,7,10-12,17,20H2,1-3H3,(H,36,39)(H,38,41)/t24?,26-,27?/m1/s1. The van der Waals surface area contributed by atoms with E-state index in [0.29, 0.717) is 17.5 Å². The second-order valence-electron chi connectivity index (χ2n) is 12.4. The van der Waals surface area contributed by atoms with E-state index >= 15 is 0 Å². The zero-order valence-corrected chi connectivity index (χ0v) is 24.8. The molecule has 2 heterocycles. The van der Waals surface area contributed by atoms with Gasteiger partial charge < -0.3 is 24.7 Å². The number of piperidine rings is 1. The molecule has 0 bridgehead atoms. The number of anilines is 3. The van der Waals surface area contributed by atoms with Gasteiger partial charge in [0.1, 0.15) is 5.60 Å². The normalized spacial score (nSPS) is 21.3. The second-order valence-corrected chi connectivity index (χ2v) is 12.4. The Hall–Kier alpha value is -3.73. The van der Waals surface area contributed by atoms with Gasteiger partial charge in [0.05, 0.1) is 11.8 Å². The minimum Gasteiger partial charge on any atom is -0.444 e. The van der Waals surface area contributed by atoms with Crippen LogP contribution in [0.25, 0.3) is 11.3 Å². The van der Waals surface area contributed by atoms with Gasteiger partial charge >= 0.3 is 12.3 Å². The van der Waals surface area contributed by atoms with Crippen molar-refractivity contribution in [1.29, 1.82) is 0 Å². The highest BCUT2D eigenvalue weighted by molar-refractivity contribution is 5.86. The first-order chi connectivity index (χ1) is 20.4. The van der Waals surface area contributed by atoms with Crippen LogP contribution in [0.4, 0.5) is 35.4 Å². The van der Waals surface area contributed by atoms with Crippen molar-refractivity contribution in [1.82, 2.24) is 10.3 Å². The van der Waals surface area contributed by atoms with Crippen molar-refractivity contribution in [2.45, 2.75) is 89.2 Å².